The van der Waals surface area contributed by atoms with Gasteiger partial charge in [-0.05, 0) is 25.5 Å². The van der Waals surface area contributed by atoms with E-state index in [9.17, 15) is 4.79 Å². The Morgan fingerprint density at radius 2 is 2.11 bits per heavy atom. The molecule has 1 heterocycles. The van der Waals surface area contributed by atoms with Gasteiger partial charge in [0.05, 0.1) is 0 Å². The molecule has 0 radical (unpaired) electrons. The molecule has 1 rings (SSSR count). The maximum Gasteiger partial charge on any atom is 0.240 e. The average molecular weight is 251 g/mol. The summed E-state index contributed by atoms with van der Waals surface area (Å²) >= 11 is 0. The number of carbonyl (C=O) groups is 1. The first-order valence-corrected chi connectivity index (χ1v) is 6.69. The van der Waals surface area contributed by atoms with E-state index in [4.69, 9.17) is 0 Å². The number of carbonyl (C=O) groups excluding carboxylic acids is 1. The third-order valence-corrected chi connectivity index (χ3v) is 2.95. The Hall–Kier alpha value is -1.29. The highest BCUT2D eigenvalue weighted by Gasteiger charge is 2.08. The average Bonchev–Trinajstić information content (AvgIpc) is 2.73. The van der Waals surface area contributed by atoms with Gasteiger partial charge in [0.2, 0.25) is 5.91 Å². The number of rotatable bonds is 7. The van der Waals surface area contributed by atoms with Crippen molar-refractivity contribution in [1.29, 1.82) is 0 Å². The van der Waals surface area contributed by atoms with Crippen LogP contribution in [0.3, 0.4) is 0 Å². The van der Waals surface area contributed by atoms with Gasteiger partial charge in [-0.25, -0.2) is 0 Å². The van der Waals surface area contributed by atoms with Gasteiger partial charge in [-0.15, -0.1) is 0 Å². The van der Waals surface area contributed by atoms with E-state index in [1.807, 2.05) is 29.8 Å². The Bertz CT molecular complexity index is 371. The molecule has 0 spiro atoms. The summed E-state index contributed by atoms with van der Waals surface area (Å²) in [4.78, 5) is 11.8. The fourth-order valence-corrected chi connectivity index (χ4v) is 1.65. The highest BCUT2D eigenvalue weighted by atomic mass is 16.2. The van der Waals surface area contributed by atoms with Crippen molar-refractivity contribution in [2.75, 3.05) is 0 Å². The molecule has 102 valence electrons. The summed E-state index contributed by atoms with van der Waals surface area (Å²) in [5.74, 6) is 0.0753. The van der Waals surface area contributed by atoms with E-state index in [-0.39, 0.29) is 11.9 Å². The predicted octanol–water partition coefficient (Wildman–Crippen LogP) is 1.90. The molecule has 1 amide bonds. The molecular weight excluding hydrogens is 226 g/mol. The van der Waals surface area contributed by atoms with E-state index in [1.165, 1.54) is 0 Å². The lowest BCUT2D eigenvalue weighted by Crippen LogP contribution is -2.35. The molecule has 0 fully saturated rings. The van der Waals surface area contributed by atoms with Crippen molar-refractivity contribution >= 4 is 5.91 Å². The first kappa shape index (κ1) is 14.8. The van der Waals surface area contributed by atoms with Crippen molar-refractivity contribution in [3.05, 3.63) is 24.0 Å². The van der Waals surface area contributed by atoms with E-state index >= 15 is 0 Å². The van der Waals surface area contributed by atoms with Crippen LogP contribution in [0.15, 0.2) is 18.3 Å². The fraction of sp³-hybridized carbons (Fsp3) is 0.643. The monoisotopic (exact) mass is 251 g/mol. The van der Waals surface area contributed by atoms with Gasteiger partial charge in [0.1, 0.15) is 6.54 Å². The number of hydrogen-bond donors (Lipinski definition) is 2. The largest absolute Gasteiger partial charge is 0.352 e. The van der Waals surface area contributed by atoms with Crippen LogP contribution in [0.5, 0.6) is 0 Å². The van der Waals surface area contributed by atoms with Crippen molar-refractivity contribution < 1.29 is 4.79 Å². The number of amides is 1. The Balaban J connectivity index is 2.51. The third kappa shape index (κ3) is 4.92. The van der Waals surface area contributed by atoms with Gasteiger partial charge in [-0.2, -0.15) is 0 Å². The number of aromatic nitrogens is 1. The number of nitrogens with one attached hydrogen (secondary N) is 2. The molecule has 0 saturated carbocycles. The summed E-state index contributed by atoms with van der Waals surface area (Å²) in [5.41, 5.74) is 1.14. The maximum atomic E-state index is 11.8. The minimum atomic E-state index is 0.0753. The fourth-order valence-electron chi connectivity index (χ4n) is 1.65. The van der Waals surface area contributed by atoms with Gasteiger partial charge in [-0.3, -0.25) is 4.79 Å². The van der Waals surface area contributed by atoms with Crippen molar-refractivity contribution in [1.82, 2.24) is 15.2 Å². The molecule has 4 nitrogen and oxygen atoms in total. The molecule has 0 aliphatic rings. The smallest absolute Gasteiger partial charge is 0.240 e. The Kier molecular flexibility index (Phi) is 5.92. The lowest BCUT2D eigenvalue weighted by Gasteiger charge is -2.14. The highest BCUT2D eigenvalue weighted by molar-refractivity contribution is 5.76. The Morgan fingerprint density at radius 1 is 1.39 bits per heavy atom. The first-order chi connectivity index (χ1) is 8.52. The van der Waals surface area contributed by atoms with Crippen molar-refractivity contribution in [3.63, 3.8) is 0 Å². The standard InChI is InChI=1S/C14H25N3O/c1-5-12(4)16-14(18)10-17-8-6-7-13(17)9-15-11(2)3/h6-8,11-12,15H,5,9-10H2,1-4H3,(H,16,18). The lowest BCUT2D eigenvalue weighted by molar-refractivity contribution is -0.122. The van der Waals surface area contributed by atoms with Crippen molar-refractivity contribution in [2.24, 2.45) is 0 Å². The van der Waals surface area contributed by atoms with E-state index in [2.05, 4.69) is 31.4 Å². The summed E-state index contributed by atoms with van der Waals surface area (Å²) < 4.78 is 1.99. The Morgan fingerprint density at radius 3 is 2.72 bits per heavy atom. The molecule has 1 aromatic rings. The van der Waals surface area contributed by atoms with Gasteiger partial charge < -0.3 is 15.2 Å². The highest BCUT2D eigenvalue weighted by Crippen LogP contribution is 2.03. The van der Waals surface area contributed by atoms with Gasteiger partial charge in [-0.1, -0.05) is 20.8 Å². The minimum Gasteiger partial charge on any atom is -0.352 e. The van der Waals surface area contributed by atoms with Crippen LogP contribution < -0.4 is 10.6 Å². The summed E-state index contributed by atoms with van der Waals surface area (Å²) in [6.45, 7) is 9.51. The normalized spacial score (nSPS) is 12.7. The SMILES string of the molecule is CCC(C)NC(=O)Cn1cccc1CNC(C)C. The van der Waals surface area contributed by atoms with Crippen LogP contribution in [-0.2, 0) is 17.9 Å². The molecule has 0 aliphatic carbocycles. The summed E-state index contributed by atoms with van der Waals surface area (Å²) in [5, 5.41) is 6.34. The van der Waals surface area contributed by atoms with E-state index in [0.29, 0.717) is 12.6 Å². The quantitative estimate of drug-likeness (QED) is 0.777. The third-order valence-electron chi connectivity index (χ3n) is 2.95. The topological polar surface area (TPSA) is 46.1 Å². The van der Waals surface area contributed by atoms with Crippen molar-refractivity contribution in [3.8, 4) is 0 Å². The molecule has 0 bridgehead atoms. The zero-order chi connectivity index (χ0) is 13.5. The predicted molar refractivity (Wildman–Crippen MR) is 74.3 cm³/mol. The van der Waals surface area contributed by atoms with Crippen LogP contribution in [0.25, 0.3) is 0 Å². The zero-order valence-electron chi connectivity index (χ0n) is 11.9. The minimum absolute atomic E-state index is 0.0753. The molecular formula is C14H25N3O. The number of hydrogen-bond acceptors (Lipinski definition) is 2. The molecule has 2 N–H and O–H groups in total. The summed E-state index contributed by atoms with van der Waals surface area (Å²) in [7, 11) is 0. The second kappa shape index (κ2) is 7.21. The van der Waals surface area contributed by atoms with E-state index < -0.39 is 0 Å². The molecule has 1 unspecified atom stereocenters. The summed E-state index contributed by atoms with van der Waals surface area (Å²) in [6, 6.07) is 4.72. The number of nitrogens with zero attached hydrogens (tertiary/aromatic N) is 1. The van der Waals surface area contributed by atoms with Gasteiger partial charge in [0, 0.05) is 30.5 Å². The molecule has 0 aromatic carbocycles. The van der Waals surface area contributed by atoms with Crippen LogP contribution in [0.1, 0.15) is 39.8 Å². The first-order valence-electron chi connectivity index (χ1n) is 6.69. The molecule has 0 aliphatic heterocycles. The van der Waals surface area contributed by atoms with Crippen LogP contribution in [0, 0.1) is 0 Å². The van der Waals surface area contributed by atoms with Crippen molar-refractivity contribution in [2.45, 2.75) is 59.3 Å². The molecule has 0 saturated heterocycles. The van der Waals surface area contributed by atoms with Crippen LogP contribution >= 0.6 is 0 Å². The molecule has 1 atom stereocenters. The molecule has 18 heavy (non-hydrogen) atoms. The van der Waals surface area contributed by atoms with E-state index in [1.54, 1.807) is 0 Å². The molecule has 4 heteroatoms. The van der Waals surface area contributed by atoms with E-state index in [0.717, 1.165) is 18.7 Å². The Labute approximate surface area is 110 Å². The van der Waals surface area contributed by atoms with Crippen LogP contribution in [-0.4, -0.2) is 22.6 Å². The second-order valence-corrected chi connectivity index (χ2v) is 5.04. The maximum absolute atomic E-state index is 11.8. The van der Waals surface area contributed by atoms with Gasteiger partial charge >= 0.3 is 0 Å². The van der Waals surface area contributed by atoms with Gasteiger partial charge in [0.25, 0.3) is 0 Å². The van der Waals surface area contributed by atoms with Gasteiger partial charge in [0.15, 0.2) is 0 Å². The lowest BCUT2D eigenvalue weighted by atomic mass is 10.2. The van der Waals surface area contributed by atoms with Crippen LogP contribution in [0.4, 0.5) is 0 Å². The summed E-state index contributed by atoms with van der Waals surface area (Å²) in [6.07, 6.45) is 2.91. The second-order valence-electron chi connectivity index (χ2n) is 5.04. The molecule has 1 aromatic heterocycles. The van der Waals surface area contributed by atoms with Crippen LogP contribution in [0.2, 0.25) is 0 Å². The zero-order valence-corrected chi connectivity index (χ0v) is 11.9.